The van der Waals surface area contributed by atoms with E-state index in [-0.39, 0.29) is 25.2 Å². The molecule has 0 N–H and O–H groups in total. The van der Waals surface area contributed by atoms with Crippen LogP contribution < -0.4 is 0 Å². The Labute approximate surface area is 345 Å². The van der Waals surface area contributed by atoms with Gasteiger partial charge in [-0.1, -0.05) is 182 Å². The highest BCUT2D eigenvalue weighted by Crippen LogP contribution is 2.12. The lowest BCUT2D eigenvalue weighted by molar-refractivity contribution is -0.163. The Morgan fingerprint density at radius 2 is 0.804 bits per heavy atom. The van der Waals surface area contributed by atoms with Crippen LogP contribution in [0.2, 0.25) is 0 Å². The molecule has 0 rings (SSSR count). The predicted molar refractivity (Wildman–Crippen MR) is 242 cm³/mol. The molecule has 5 nitrogen and oxygen atoms in total. The lowest BCUT2D eigenvalue weighted by atomic mass is 10.1. The highest BCUT2D eigenvalue weighted by atomic mass is 16.6. The smallest absolute Gasteiger partial charge is 0.306 e. The van der Waals surface area contributed by atoms with Crippen molar-refractivity contribution < 1.29 is 23.8 Å². The highest BCUT2D eigenvalue weighted by Gasteiger charge is 2.17. The second-order valence-corrected chi connectivity index (χ2v) is 14.5. The molecule has 1 unspecified atom stereocenters. The molecule has 318 valence electrons. The molecule has 0 radical (unpaired) electrons. The minimum atomic E-state index is -0.571. The van der Waals surface area contributed by atoms with Crippen molar-refractivity contribution >= 4 is 11.9 Å². The van der Waals surface area contributed by atoms with Gasteiger partial charge in [-0.25, -0.2) is 0 Å². The predicted octanol–water partition coefficient (Wildman–Crippen LogP) is 15.1. The summed E-state index contributed by atoms with van der Waals surface area (Å²) >= 11 is 0. The maximum atomic E-state index is 12.6. The van der Waals surface area contributed by atoms with E-state index in [9.17, 15) is 9.59 Å². The molecule has 56 heavy (non-hydrogen) atoms. The summed E-state index contributed by atoms with van der Waals surface area (Å²) in [4.78, 5) is 25.1. The van der Waals surface area contributed by atoms with Gasteiger partial charge in [0.2, 0.25) is 0 Å². The number of hydrogen-bond donors (Lipinski definition) is 0. The maximum Gasteiger partial charge on any atom is 0.306 e. The fraction of sp³-hybridized carbons (Fsp3) is 0.647. The molecule has 0 aliphatic heterocycles. The molecule has 5 heteroatoms. The number of allylic oxidation sites excluding steroid dienone is 16. The summed E-state index contributed by atoms with van der Waals surface area (Å²) in [6.07, 6.45) is 61.4. The SMILES string of the molecule is CC/C=C\C/C=C\C/C=C\C/C=C\CCCCCCCCC(=O)OCC(COCCC/C=C\C/C=C\C/C=C\C/C=C\CC)OC(=O)CCCCCCCCC. The molecule has 0 spiro atoms. The van der Waals surface area contributed by atoms with E-state index in [0.717, 1.165) is 109 Å². The van der Waals surface area contributed by atoms with E-state index in [4.69, 9.17) is 14.2 Å². The van der Waals surface area contributed by atoms with Gasteiger partial charge in [0.1, 0.15) is 6.61 Å². The topological polar surface area (TPSA) is 61.8 Å². The minimum absolute atomic E-state index is 0.0513. The molecule has 0 aliphatic rings. The van der Waals surface area contributed by atoms with E-state index in [1.54, 1.807) is 0 Å². The number of carbonyl (C=O) groups excluding carboxylic acids is 2. The second-order valence-electron chi connectivity index (χ2n) is 14.5. The number of rotatable bonds is 40. The first kappa shape index (κ1) is 52.8. The lowest BCUT2D eigenvalue weighted by Crippen LogP contribution is -2.30. The first-order valence-electron chi connectivity index (χ1n) is 22.8. The Kier molecular flexibility index (Phi) is 43.6. The van der Waals surface area contributed by atoms with Crippen LogP contribution in [0.25, 0.3) is 0 Å². The standard InChI is InChI=1S/C51H84O5/c1-4-7-10-13-16-18-20-22-24-25-26-27-28-29-31-33-36-38-41-44-50(52)55-48-49(56-51(53)45-42-39-35-15-12-9-6-3)47-54-46-43-40-37-34-32-30-23-21-19-17-14-11-8-5-2/h7-8,10-11,16-19,22-24,26-27,30,34,37,49H,4-6,9,12-15,20-21,25,28-29,31-33,35-36,38-48H2,1-3H3/b10-7-,11-8-,18-16-,19-17-,24-22-,27-26-,30-23-,37-34-. The third-order valence-corrected chi connectivity index (χ3v) is 9.12. The van der Waals surface area contributed by atoms with Gasteiger partial charge < -0.3 is 14.2 Å². The van der Waals surface area contributed by atoms with E-state index in [1.165, 1.54) is 44.9 Å². The molecule has 0 fully saturated rings. The summed E-state index contributed by atoms with van der Waals surface area (Å²) in [5.41, 5.74) is 0. The van der Waals surface area contributed by atoms with Crippen molar-refractivity contribution in [1.29, 1.82) is 0 Å². The van der Waals surface area contributed by atoms with Crippen molar-refractivity contribution in [1.82, 2.24) is 0 Å². The summed E-state index contributed by atoms with van der Waals surface area (Å²) in [7, 11) is 0. The molecule has 0 amide bonds. The molecule has 0 aromatic heterocycles. The highest BCUT2D eigenvalue weighted by molar-refractivity contribution is 5.70. The summed E-state index contributed by atoms with van der Waals surface area (Å²) in [5, 5.41) is 0. The number of hydrogen-bond acceptors (Lipinski definition) is 5. The van der Waals surface area contributed by atoms with E-state index < -0.39 is 6.10 Å². The Bertz CT molecular complexity index is 1110. The van der Waals surface area contributed by atoms with Gasteiger partial charge in [0.05, 0.1) is 6.61 Å². The van der Waals surface area contributed by atoms with Gasteiger partial charge in [-0.05, 0) is 89.9 Å². The van der Waals surface area contributed by atoms with Crippen LogP contribution in [0.15, 0.2) is 97.2 Å². The quantitative estimate of drug-likeness (QED) is 0.0352. The molecule has 1 atom stereocenters. The van der Waals surface area contributed by atoms with Crippen LogP contribution in [0.4, 0.5) is 0 Å². The molecule has 0 heterocycles. The molecule has 0 saturated carbocycles. The fourth-order valence-corrected chi connectivity index (χ4v) is 5.80. The normalized spacial score (nSPS) is 13.1. The van der Waals surface area contributed by atoms with Crippen molar-refractivity contribution in [2.45, 2.75) is 194 Å². The third kappa shape index (κ3) is 43.5. The third-order valence-electron chi connectivity index (χ3n) is 9.12. The first-order chi connectivity index (χ1) is 27.6. The number of unbranched alkanes of at least 4 members (excludes halogenated alkanes) is 13. The number of carbonyl (C=O) groups is 2. The zero-order valence-corrected chi connectivity index (χ0v) is 36.4. The van der Waals surface area contributed by atoms with Crippen molar-refractivity contribution in [3.8, 4) is 0 Å². The summed E-state index contributed by atoms with van der Waals surface area (Å²) in [6, 6.07) is 0. The largest absolute Gasteiger partial charge is 0.462 e. The van der Waals surface area contributed by atoms with Gasteiger partial charge in [0.25, 0.3) is 0 Å². The molecule has 0 bridgehead atoms. The van der Waals surface area contributed by atoms with Gasteiger partial charge >= 0.3 is 11.9 Å². The lowest BCUT2D eigenvalue weighted by Gasteiger charge is -2.18. The van der Waals surface area contributed by atoms with Crippen LogP contribution in [-0.2, 0) is 23.8 Å². The minimum Gasteiger partial charge on any atom is -0.462 e. The van der Waals surface area contributed by atoms with Gasteiger partial charge in [0, 0.05) is 19.4 Å². The van der Waals surface area contributed by atoms with Gasteiger partial charge in [-0.3, -0.25) is 9.59 Å². The zero-order valence-electron chi connectivity index (χ0n) is 36.4. The van der Waals surface area contributed by atoms with Crippen molar-refractivity contribution in [2.75, 3.05) is 19.8 Å². The monoisotopic (exact) mass is 777 g/mol. The Balaban J connectivity index is 4.26. The van der Waals surface area contributed by atoms with E-state index >= 15 is 0 Å². The summed E-state index contributed by atoms with van der Waals surface area (Å²) in [5.74, 6) is -0.457. The van der Waals surface area contributed by atoms with Crippen molar-refractivity contribution in [2.24, 2.45) is 0 Å². The Morgan fingerprint density at radius 3 is 1.29 bits per heavy atom. The van der Waals surface area contributed by atoms with Crippen molar-refractivity contribution in [3.05, 3.63) is 97.2 Å². The van der Waals surface area contributed by atoms with Gasteiger partial charge in [0.15, 0.2) is 6.10 Å². The van der Waals surface area contributed by atoms with Crippen LogP contribution in [-0.4, -0.2) is 37.9 Å². The zero-order chi connectivity index (χ0) is 40.7. The Morgan fingerprint density at radius 1 is 0.411 bits per heavy atom. The van der Waals surface area contributed by atoms with E-state index in [0.29, 0.717) is 19.4 Å². The molecule has 0 saturated heterocycles. The molecule has 0 aromatic carbocycles. The fourth-order valence-electron chi connectivity index (χ4n) is 5.80. The molecular formula is C51H84O5. The second kappa shape index (κ2) is 46.2. The summed E-state index contributed by atoms with van der Waals surface area (Å²) < 4.78 is 17.2. The van der Waals surface area contributed by atoms with Gasteiger partial charge in [-0.15, -0.1) is 0 Å². The average Bonchev–Trinajstić information content (AvgIpc) is 3.20. The number of esters is 2. The van der Waals surface area contributed by atoms with Crippen LogP contribution in [0.5, 0.6) is 0 Å². The van der Waals surface area contributed by atoms with Crippen LogP contribution in [0.3, 0.4) is 0 Å². The van der Waals surface area contributed by atoms with E-state index in [1.807, 2.05) is 0 Å². The average molecular weight is 777 g/mol. The maximum absolute atomic E-state index is 12.6. The van der Waals surface area contributed by atoms with Crippen LogP contribution in [0.1, 0.15) is 188 Å². The molecule has 0 aromatic rings. The molecule has 0 aliphatic carbocycles. The molecular weight excluding hydrogens is 693 g/mol. The number of ether oxygens (including phenoxy) is 3. The summed E-state index contributed by atoms with van der Waals surface area (Å²) in [6.45, 7) is 7.39. The first-order valence-corrected chi connectivity index (χ1v) is 22.8. The van der Waals surface area contributed by atoms with E-state index in [2.05, 4.69) is 118 Å². The van der Waals surface area contributed by atoms with Crippen LogP contribution in [0, 0.1) is 0 Å². The van der Waals surface area contributed by atoms with Gasteiger partial charge in [-0.2, -0.15) is 0 Å². The van der Waals surface area contributed by atoms with Crippen molar-refractivity contribution in [3.63, 3.8) is 0 Å². The van der Waals surface area contributed by atoms with Crippen LogP contribution >= 0.6 is 0 Å². The Hall–Kier alpha value is -3.18.